The van der Waals surface area contributed by atoms with E-state index in [1.54, 1.807) is 0 Å². The van der Waals surface area contributed by atoms with Crippen LogP contribution in [0.5, 0.6) is 0 Å². The van der Waals surface area contributed by atoms with E-state index in [1.165, 1.54) is 11.1 Å². The summed E-state index contributed by atoms with van der Waals surface area (Å²) in [7, 11) is 1.56. The molecule has 1 heterocycles. The van der Waals surface area contributed by atoms with Crippen LogP contribution in [0.25, 0.3) is 0 Å². The Morgan fingerprint density at radius 2 is 1.62 bits per heavy atom. The van der Waals surface area contributed by atoms with Gasteiger partial charge in [-0.1, -0.05) is 24.3 Å². The van der Waals surface area contributed by atoms with Gasteiger partial charge in [-0.25, -0.2) is 4.31 Å². The number of carbonyl (C=O) groups excluding carboxylic acids is 1. The van der Waals surface area contributed by atoms with Crippen LogP contribution < -0.4 is 0 Å². The van der Waals surface area contributed by atoms with Gasteiger partial charge in [0.15, 0.2) is 0 Å². The lowest BCUT2D eigenvalue weighted by Gasteiger charge is -2.53. The minimum absolute atomic E-state index is 0.192. The van der Waals surface area contributed by atoms with Gasteiger partial charge in [-0.15, -0.1) is 0 Å². The summed E-state index contributed by atoms with van der Waals surface area (Å²) in [5, 5.41) is 0. The van der Waals surface area contributed by atoms with Crippen LogP contribution in [-0.2, 0) is 26.9 Å². The number of hydrogen-bond donors (Lipinski definition) is 0. The molecule has 0 radical (unpaired) electrons. The minimum Gasteiger partial charge on any atom is -0.274 e. The summed E-state index contributed by atoms with van der Waals surface area (Å²) in [6.45, 7) is 0. The van der Waals surface area contributed by atoms with E-state index in [-0.39, 0.29) is 17.7 Å². The van der Waals surface area contributed by atoms with Crippen LogP contribution in [0.15, 0.2) is 24.3 Å². The third kappa shape index (κ3) is 1.73. The summed E-state index contributed by atoms with van der Waals surface area (Å²) in [6, 6.07) is 8.27. The minimum atomic E-state index is -4.00. The molecule has 2 atom stereocenters. The molecule has 6 heteroatoms. The molecule has 3 aliphatic rings. The van der Waals surface area contributed by atoms with Gasteiger partial charge in [0.25, 0.3) is 0 Å². The summed E-state index contributed by atoms with van der Waals surface area (Å²) >= 11 is 0. The van der Waals surface area contributed by atoms with Crippen molar-refractivity contribution < 1.29 is 13.2 Å². The second-order valence-corrected chi connectivity index (χ2v) is 8.78. The van der Waals surface area contributed by atoms with Crippen LogP contribution in [0, 0.1) is 11.8 Å². The van der Waals surface area contributed by atoms with E-state index >= 15 is 0 Å². The molecule has 112 valence electrons. The van der Waals surface area contributed by atoms with E-state index in [0.717, 1.165) is 30.0 Å². The van der Waals surface area contributed by atoms with Gasteiger partial charge in [0, 0.05) is 10.7 Å². The van der Waals surface area contributed by atoms with E-state index in [0.29, 0.717) is 6.42 Å². The fourth-order valence-corrected chi connectivity index (χ4v) is 6.44. The highest BCUT2D eigenvalue weighted by Gasteiger charge is 2.66. The van der Waals surface area contributed by atoms with Gasteiger partial charge in [-0.3, -0.25) is 4.79 Å². The summed E-state index contributed by atoms with van der Waals surface area (Å²) in [5.41, 5.74) is 2.00. The third-order valence-corrected chi connectivity index (χ3v) is 6.98. The van der Waals surface area contributed by atoms with Crippen LogP contribution in [0.4, 0.5) is 0 Å². The predicted octanol–water partition coefficient (Wildman–Crippen LogP) is 2.27. The maximum Gasteiger partial charge on any atom is 0.324 e. The first kappa shape index (κ1) is 13.6. The predicted molar refractivity (Wildman–Crippen MR) is 79.0 cm³/mol. The molecule has 1 saturated carbocycles. The monoisotopic (exact) mass is 325 g/mol. The van der Waals surface area contributed by atoms with E-state index in [4.69, 9.17) is 10.7 Å². The molecule has 4 rings (SSSR count). The molecule has 2 fully saturated rings. The molecule has 2 aliphatic carbocycles. The summed E-state index contributed by atoms with van der Waals surface area (Å²) in [6.07, 6.45) is 3.93. The average Bonchev–Trinajstić information content (AvgIpc) is 2.61. The molecule has 2 unspecified atom stereocenters. The first-order valence-corrected chi connectivity index (χ1v) is 9.54. The van der Waals surface area contributed by atoms with E-state index < -0.39 is 14.8 Å². The zero-order valence-corrected chi connectivity index (χ0v) is 13.0. The maximum atomic E-state index is 11.9. The molecule has 1 aliphatic heterocycles. The topological polar surface area (TPSA) is 54.5 Å². The van der Waals surface area contributed by atoms with Gasteiger partial charge in [0.05, 0.1) is 12.0 Å². The van der Waals surface area contributed by atoms with Crippen LogP contribution in [0.3, 0.4) is 0 Å². The fourth-order valence-electron chi connectivity index (χ4n) is 4.75. The first-order chi connectivity index (χ1) is 9.93. The SMILES string of the molecule is O=C1CC2(C3CCC2Cc2ccccc2C3)N1S(=O)(=O)Cl. The Morgan fingerprint density at radius 1 is 1.10 bits per heavy atom. The van der Waals surface area contributed by atoms with E-state index in [2.05, 4.69) is 12.1 Å². The summed E-state index contributed by atoms with van der Waals surface area (Å²) in [4.78, 5) is 11.9. The molecule has 21 heavy (non-hydrogen) atoms. The van der Waals surface area contributed by atoms with Crippen molar-refractivity contribution in [2.75, 3.05) is 0 Å². The van der Waals surface area contributed by atoms with Crippen molar-refractivity contribution in [1.29, 1.82) is 0 Å². The summed E-state index contributed by atoms with van der Waals surface area (Å²) in [5.74, 6) is 0.0302. The van der Waals surface area contributed by atoms with Gasteiger partial charge in [0.2, 0.25) is 5.91 Å². The molecular weight excluding hydrogens is 310 g/mol. The Hall–Kier alpha value is -1.07. The molecule has 4 nitrogen and oxygen atoms in total. The molecule has 2 bridgehead atoms. The molecule has 1 amide bonds. The van der Waals surface area contributed by atoms with Gasteiger partial charge < -0.3 is 0 Å². The largest absolute Gasteiger partial charge is 0.324 e. The van der Waals surface area contributed by atoms with Crippen LogP contribution >= 0.6 is 10.7 Å². The second-order valence-electron chi connectivity index (χ2n) is 6.42. The van der Waals surface area contributed by atoms with E-state index in [1.807, 2.05) is 12.1 Å². The second kappa shape index (κ2) is 4.23. The van der Waals surface area contributed by atoms with Crippen molar-refractivity contribution in [3.63, 3.8) is 0 Å². The lowest BCUT2D eigenvalue weighted by Crippen LogP contribution is -2.69. The number of hydrogen-bond acceptors (Lipinski definition) is 3. The van der Waals surface area contributed by atoms with Crippen molar-refractivity contribution in [2.24, 2.45) is 11.8 Å². The highest BCUT2D eigenvalue weighted by atomic mass is 35.7. The molecule has 1 saturated heterocycles. The molecule has 0 N–H and O–H groups in total. The number of benzene rings is 1. The fraction of sp³-hybridized carbons (Fsp3) is 0.533. The quantitative estimate of drug-likeness (QED) is 0.588. The van der Waals surface area contributed by atoms with Crippen molar-refractivity contribution in [3.8, 4) is 0 Å². The number of amides is 1. The van der Waals surface area contributed by atoms with Crippen molar-refractivity contribution in [2.45, 2.75) is 37.6 Å². The number of rotatable bonds is 1. The number of fused-ring (bicyclic) bond motifs is 1. The van der Waals surface area contributed by atoms with Crippen molar-refractivity contribution in [3.05, 3.63) is 35.4 Å². The number of nitrogens with zero attached hydrogens (tertiary/aromatic N) is 1. The Kier molecular flexibility index (Phi) is 2.74. The average molecular weight is 326 g/mol. The van der Waals surface area contributed by atoms with Crippen LogP contribution in [0.1, 0.15) is 30.4 Å². The molecule has 0 aromatic heterocycles. The van der Waals surface area contributed by atoms with Crippen LogP contribution in [0.2, 0.25) is 0 Å². The number of halogens is 1. The Balaban J connectivity index is 1.81. The molecule has 1 aromatic rings. The normalized spacial score (nSPS) is 34.5. The molecular formula is C15H16ClNO3S. The van der Waals surface area contributed by atoms with Crippen molar-refractivity contribution in [1.82, 2.24) is 4.31 Å². The zero-order chi connectivity index (χ0) is 14.8. The lowest BCUT2D eigenvalue weighted by molar-refractivity contribution is -0.151. The number of β-lactam (4-membered cyclic amide) rings is 1. The van der Waals surface area contributed by atoms with Gasteiger partial charge in [-0.05, 0) is 48.6 Å². The Morgan fingerprint density at radius 3 is 2.05 bits per heavy atom. The zero-order valence-electron chi connectivity index (χ0n) is 11.5. The van der Waals surface area contributed by atoms with E-state index in [9.17, 15) is 13.2 Å². The van der Waals surface area contributed by atoms with Crippen LogP contribution in [-0.4, -0.2) is 24.2 Å². The number of carbonyl (C=O) groups is 1. The highest BCUT2D eigenvalue weighted by molar-refractivity contribution is 8.12. The van der Waals surface area contributed by atoms with Gasteiger partial charge in [-0.2, -0.15) is 8.42 Å². The Labute approximate surface area is 128 Å². The first-order valence-electron chi connectivity index (χ1n) is 7.27. The van der Waals surface area contributed by atoms with Gasteiger partial charge in [0.1, 0.15) is 0 Å². The molecule has 1 aromatic carbocycles. The summed E-state index contributed by atoms with van der Waals surface area (Å²) < 4.78 is 24.7. The lowest BCUT2D eigenvalue weighted by atomic mass is 9.71. The van der Waals surface area contributed by atoms with Gasteiger partial charge >= 0.3 is 9.24 Å². The Bertz CT molecular complexity index is 697. The highest BCUT2D eigenvalue weighted by Crippen LogP contribution is 2.58. The smallest absolute Gasteiger partial charge is 0.274 e. The molecule has 1 spiro atoms. The maximum absolute atomic E-state index is 11.9. The van der Waals surface area contributed by atoms with Crippen molar-refractivity contribution >= 4 is 25.8 Å². The third-order valence-electron chi connectivity index (χ3n) is 5.59. The standard InChI is InChI=1S/C15H16ClNO3S/c16-21(19,20)17-14(18)9-15(17)12-5-6-13(15)8-11-4-2-1-3-10(11)7-12/h1-4,12-13H,5-9H2.